The first-order valence-electron chi connectivity index (χ1n) is 10.5. The molecule has 0 saturated carbocycles. The third-order valence-electron chi connectivity index (χ3n) is 4.98. The Morgan fingerprint density at radius 3 is 2.51 bits per heavy atom. The van der Waals surface area contributed by atoms with Crippen molar-refractivity contribution < 1.29 is 23.8 Å². The lowest BCUT2D eigenvalue weighted by molar-refractivity contribution is -0.138. The number of nitrogens with zero attached hydrogens (tertiary/aromatic N) is 1. The second kappa shape index (κ2) is 10.6. The van der Waals surface area contributed by atoms with Crippen LogP contribution in [-0.4, -0.2) is 28.6 Å². The van der Waals surface area contributed by atoms with Gasteiger partial charge in [0.2, 0.25) is 0 Å². The van der Waals surface area contributed by atoms with E-state index >= 15 is 0 Å². The summed E-state index contributed by atoms with van der Waals surface area (Å²) in [5.41, 5.74) is 1.92. The minimum absolute atomic E-state index is 0.0500. The average molecular weight is 528 g/mol. The molecule has 178 valence electrons. The number of aryl methyl sites for hydroxylation is 1. The van der Waals surface area contributed by atoms with Gasteiger partial charge in [-0.1, -0.05) is 52.7 Å². The molecule has 0 atom stereocenters. The first-order chi connectivity index (χ1) is 16.8. The number of amides is 1. The molecular formula is C26H19Cl2NO5S. The van der Waals surface area contributed by atoms with Gasteiger partial charge in [0.25, 0.3) is 5.91 Å². The normalized spacial score (nSPS) is 15.8. The molecule has 2 aromatic carbocycles. The zero-order chi connectivity index (χ0) is 25.1. The van der Waals surface area contributed by atoms with E-state index < -0.39 is 11.9 Å². The summed E-state index contributed by atoms with van der Waals surface area (Å²) in [5.74, 6) is -0.697. The predicted octanol–water partition coefficient (Wildman–Crippen LogP) is 7.26. The highest BCUT2D eigenvalue weighted by Crippen LogP contribution is 2.40. The number of aliphatic hydroxyl groups is 1. The number of rotatable bonds is 5. The molecule has 35 heavy (non-hydrogen) atoms. The van der Waals surface area contributed by atoms with Crippen LogP contribution >= 0.6 is 35.0 Å². The smallest absolute Gasteiger partial charge is 0.344 e. The second-order valence-corrected chi connectivity index (χ2v) is 9.32. The molecular weight excluding hydrogens is 509 g/mol. The summed E-state index contributed by atoms with van der Waals surface area (Å²) in [6.45, 7) is 3.66. The maximum atomic E-state index is 12.7. The number of aliphatic hydroxyl groups excluding tert-OH is 1. The Hall–Kier alpha value is -3.26. The van der Waals surface area contributed by atoms with Crippen LogP contribution in [0.5, 0.6) is 0 Å². The summed E-state index contributed by atoms with van der Waals surface area (Å²) in [6, 6.07) is 15.5. The maximum Gasteiger partial charge on any atom is 0.344 e. The van der Waals surface area contributed by atoms with Gasteiger partial charge in [-0.15, -0.1) is 0 Å². The highest BCUT2D eigenvalue weighted by Gasteiger charge is 2.34. The van der Waals surface area contributed by atoms with Crippen LogP contribution in [0.25, 0.3) is 17.4 Å². The predicted molar refractivity (Wildman–Crippen MR) is 139 cm³/mol. The highest BCUT2D eigenvalue weighted by molar-refractivity contribution is 8.18. The summed E-state index contributed by atoms with van der Waals surface area (Å²) in [5, 5.41) is 11.7. The molecule has 1 aromatic heterocycles. The molecule has 9 heteroatoms. The lowest BCUT2D eigenvalue weighted by atomic mass is 10.1. The van der Waals surface area contributed by atoms with Gasteiger partial charge in [-0.3, -0.25) is 4.79 Å². The summed E-state index contributed by atoms with van der Waals surface area (Å²) in [7, 11) is 0. The van der Waals surface area contributed by atoms with Gasteiger partial charge in [0.15, 0.2) is 0 Å². The van der Waals surface area contributed by atoms with Crippen LogP contribution in [-0.2, 0) is 9.53 Å². The van der Waals surface area contributed by atoms with Gasteiger partial charge in [0, 0.05) is 11.1 Å². The number of carbonyl (C=O) groups excluding carboxylic acids is 2. The number of hydrogen-bond donors (Lipinski definition) is 1. The van der Waals surface area contributed by atoms with Crippen molar-refractivity contribution in [3.63, 3.8) is 0 Å². The zero-order valence-electron chi connectivity index (χ0n) is 18.7. The van der Waals surface area contributed by atoms with Crippen molar-refractivity contribution in [3.8, 4) is 11.3 Å². The number of carbonyl (C=O) groups is 2. The molecule has 0 bridgehead atoms. The molecule has 1 aliphatic rings. The van der Waals surface area contributed by atoms with E-state index in [0.717, 1.165) is 22.9 Å². The van der Waals surface area contributed by atoms with E-state index in [1.54, 1.807) is 67.6 Å². The first kappa shape index (κ1) is 24.9. The van der Waals surface area contributed by atoms with Crippen molar-refractivity contribution in [1.29, 1.82) is 0 Å². The van der Waals surface area contributed by atoms with Crippen molar-refractivity contribution in [3.05, 3.63) is 97.8 Å². The summed E-state index contributed by atoms with van der Waals surface area (Å²) in [4.78, 5) is 29.6. The Bertz CT molecular complexity index is 1400. The molecule has 1 aliphatic heterocycles. The summed E-state index contributed by atoms with van der Waals surface area (Å²) >= 11 is 13.1. The molecule has 3 aromatic rings. The van der Waals surface area contributed by atoms with Crippen molar-refractivity contribution >= 4 is 58.0 Å². The van der Waals surface area contributed by atoms with Crippen LogP contribution in [0.4, 0.5) is 0 Å². The molecule has 6 nitrogen and oxygen atoms in total. The lowest BCUT2D eigenvalue weighted by Gasteiger charge is -2.03. The maximum absolute atomic E-state index is 12.7. The van der Waals surface area contributed by atoms with Gasteiger partial charge in [0.05, 0.1) is 21.6 Å². The Morgan fingerprint density at radius 1 is 1.09 bits per heavy atom. The minimum Gasteiger partial charge on any atom is -0.506 e. The minimum atomic E-state index is -0.771. The average Bonchev–Trinajstić information content (AvgIpc) is 3.41. The van der Waals surface area contributed by atoms with Gasteiger partial charge in [-0.05, 0) is 62.4 Å². The van der Waals surface area contributed by atoms with E-state index in [4.69, 9.17) is 32.4 Å². The molecule has 2 heterocycles. The number of ether oxygens (including phenoxy) is 1. The lowest BCUT2D eigenvalue weighted by Crippen LogP contribution is -2.14. The van der Waals surface area contributed by atoms with Crippen LogP contribution in [0, 0.1) is 6.92 Å². The van der Waals surface area contributed by atoms with Crippen molar-refractivity contribution in [2.24, 2.45) is 4.99 Å². The van der Waals surface area contributed by atoms with Gasteiger partial charge in [-0.2, -0.15) is 0 Å². The number of furan rings is 1. The summed E-state index contributed by atoms with van der Waals surface area (Å²) < 4.78 is 10.9. The van der Waals surface area contributed by atoms with Crippen LogP contribution in [0.1, 0.15) is 28.6 Å². The Labute approximate surface area is 215 Å². The Morgan fingerprint density at radius 2 is 1.83 bits per heavy atom. The molecule has 0 spiro atoms. The zero-order valence-corrected chi connectivity index (χ0v) is 21.0. The number of aliphatic imine (C=N–C) groups is 1. The van der Waals surface area contributed by atoms with Gasteiger partial charge in [0.1, 0.15) is 27.9 Å². The Balaban J connectivity index is 1.67. The van der Waals surface area contributed by atoms with E-state index in [1.807, 2.05) is 6.92 Å². The Kier molecular flexibility index (Phi) is 7.50. The molecule has 0 fully saturated rings. The molecule has 0 radical (unpaired) electrons. The fourth-order valence-electron chi connectivity index (χ4n) is 3.21. The third kappa shape index (κ3) is 5.53. The number of esters is 1. The largest absolute Gasteiger partial charge is 0.506 e. The monoisotopic (exact) mass is 527 g/mol. The molecule has 0 saturated heterocycles. The van der Waals surface area contributed by atoms with Gasteiger partial charge < -0.3 is 14.3 Å². The van der Waals surface area contributed by atoms with Crippen LogP contribution in [0.2, 0.25) is 10.0 Å². The fourth-order valence-corrected chi connectivity index (χ4v) is 4.50. The van der Waals surface area contributed by atoms with Crippen molar-refractivity contribution in [1.82, 2.24) is 0 Å². The number of thioether (sulfide) groups is 1. The van der Waals surface area contributed by atoms with E-state index in [0.29, 0.717) is 32.0 Å². The number of hydrogen-bond acceptors (Lipinski definition) is 6. The topological polar surface area (TPSA) is 89.1 Å². The summed E-state index contributed by atoms with van der Waals surface area (Å²) in [6.07, 6.45) is 1.55. The van der Waals surface area contributed by atoms with Crippen LogP contribution in [0.15, 0.2) is 80.2 Å². The van der Waals surface area contributed by atoms with E-state index in [9.17, 15) is 14.7 Å². The molecule has 0 unspecified atom stereocenters. The van der Waals surface area contributed by atoms with E-state index in [1.165, 1.54) is 0 Å². The molecule has 1 N–H and O–H groups in total. The number of halogens is 2. The van der Waals surface area contributed by atoms with Crippen molar-refractivity contribution in [2.45, 2.75) is 13.8 Å². The van der Waals surface area contributed by atoms with E-state index in [-0.39, 0.29) is 23.0 Å². The van der Waals surface area contributed by atoms with Crippen molar-refractivity contribution in [2.75, 3.05) is 6.61 Å². The number of benzene rings is 2. The van der Waals surface area contributed by atoms with E-state index in [2.05, 4.69) is 4.99 Å². The highest BCUT2D eigenvalue weighted by atomic mass is 35.5. The first-order valence-corrected chi connectivity index (χ1v) is 12.1. The second-order valence-electron chi connectivity index (χ2n) is 7.47. The SMILES string of the molecule is CCOC(=O)C1=C(O)/C(=C/c2ccc(-c3ccc(Cl)c(Cl)c3)o2)SC1=NC(=O)c1ccc(C)cc1. The van der Waals surface area contributed by atoms with Crippen LogP contribution in [0.3, 0.4) is 0 Å². The third-order valence-corrected chi connectivity index (χ3v) is 6.74. The molecule has 0 aliphatic carbocycles. The fraction of sp³-hybridized carbons (Fsp3) is 0.115. The van der Waals surface area contributed by atoms with Crippen LogP contribution < -0.4 is 0 Å². The molecule has 1 amide bonds. The van der Waals surface area contributed by atoms with Gasteiger partial charge >= 0.3 is 5.97 Å². The van der Waals surface area contributed by atoms with Gasteiger partial charge in [-0.25, -0.2) is 9.79 Å². The molecule has 4 rings (SSSR count). The standard InChI is InChI=1S/C26H19Cl2NO5S/c1-3-33-26(32)22-23(30)21(35-25(22)29-24(31)15-6-4-14(2)5-7-15)13-17-9-11-20(34-17)16-8-10-18(27)19(28)12-16/h4-13,30H,3H2,1-2H3/b21-13-,29-25?. The quantitative estimate of drug-likeness (QED) is 0.351.